The minimum atomic E-state index is -0.558. The summed E-state index contributed by atoms with van der Waals surface area (Å²) in [4.78, 5) is 15.7. The normalized spacial score (nSPS) is 10.5. The van der Waals surface area contributed by atoms with Crippen molar-refractivity contribution in [1.29, 1.82) is 0 Å². The Morgan fingerprint density at radius 1 is 1.05 bits per heavy atom. The first-order valence-corrected chi connectivity index (χ1v) is 6.63. The molecule has 2 aromatic carbocycles. The van der Waals surface area contributed by atoms with Crippen molar-refractivity contribution in [3.8, 4) is 0 Å². The molecule has 0 saturated carbocycles. The van der Waals surface area contributed by atoms with Gasteiger partial charge >= 0.3 is 0 Å². The highest BCUT2D eigenvalue weighted by Crippen LogP contribution is 2.18. The molecule has 0 aliphatic heterocycles. The maximum absolute atomic E-state index is 11.4. The fourth-order valence-corrected chi connectivity index (χ4v) is 2.31. The molecule has 0 unspecified atom stereocenters. The van der Waals surface area contributed by atoms with Gasteiger partial charge in [0, 0.05) is 11.6 Å². The van der Waals surface area contributed by atoms with E-state index in [1.165, 1.54) is 11.8 Å². The van der Waals surface area contributed by atoms with Gasteiger partial charge in [0.2, 0.25) is 0 Å². The zero-order chi connectivity index (χ0) is 14.7. The highest BCUT2D eigenvalue weighted by molar-refractivity contribution is 5.96. The van der Waals surface area contributed by atoms with E-state index in [4.69, 9.17) is 5.21 Å². The van der Waals surface area contributed by atoms with Gasteiger partial charge in [-0.15, -0.1) is 0 Å². The van der Waals surface area contributed by atoms with Crippen LogP contribution in [-0.2, 0) is 6.42 Å². The summed E-state index contributed by atoms with van der Waals surface area (Å²) in [6.07, 6.45) is 2.28. The average molecular weight is 278 g/mol. The quantitative estimate of drug-likeness (QED) is 0.572. The number of pyridine rings is 1. The Kier molecular flexibility index (Phi) is 3.62. The minimum absolute atomic E-state index is 0.335. The fraction of sp³-hybridized carbons (Fsp3) is 0.0588. The van der Waals surface area contributed by atoms with Crippen LogP contribution in [0.1, 0.15) is 21.5 Å². The van der Waals surface area contributed by atoms with E-state index in [2.05, 4.69) is 17.1 Å². The van der Waals surface area contributed by atoms with Crippen molar-refractivity contribution >= 4 is 16.8 Å². The Morgan fingerprint density at radius 3 is 2.62 bits per heavy atom. The summed E-state index contributed by atoms with van der Waals surface area (Å²) in [5.74, 6) is -0.558. The monoisotopic (exact) mass is 278 g/mol. The zero-order valence-corrected chi connectivity index (χ0v) is 11.3. The third kappa shape index (κ3) is 2.90. The van der Waals surface area contributed by atoms with Crippen molar-refractivity contribution in [2.24, 2.45) is 0 Å². The van der Waals surface area contributed by atoms with Crippen molar-refractivity contribution in [2.75, 3.05) is 0 Å². The lowest BCUT2D eigenvalue weighted by Crippen LogP contribution is -2.18. The molecule has 0 radical (unpaired) electrons. The summed E-state index contributed by atoms with van der Waals surface area (Å²) < 4.78 is 0. The van der Waals surface area contributed by atoms with Gasteiger partial charge in [-0.3, -0.25) is 15.0 Å². The van der Waals surface area contributed by atoms with Crippen LogP contribution in [0.5, 0.6) is 0 Å². The first-order valence-electron chi connectivity index (χ1n) is 6.63. The number of nitrogens with one attached hydrogen (secondary N) is 1. The van der Waals surface area contributed by atoms with Crippen LogP contribution in [0.3, 0.4) is 0 Å². The molecule has 0 aliphatic rings. The first kappa shape index (κ1) is 13.3. The number of hydrogen-bond donors (Lipinski definition) is 2. The van der Waals surface area contributed by atoms with E-state index < -0.39 is 5.91 Å². The summed E-state index contributed by atoms with van der Waals surface area (Å²) in [6.45, 7) is 0. The summed E-state index contributed by atoms with van der Waals surface area (Å²) in [5, 5.41) is 9.56. The lowest BCUT2D eigenvalue weighted by atomic mass is 10.0. The molecule has 3 rings (SSSR count). The van der Waals surface area contributed by atoms with Crippen LogP contribution in [-0.4, -0.2) is 16.1 Å². The lowest BCUT2D eigenvalue weighted by Gasteiger charge is -2.05. The van der Waals surface area contributed by atoms with E-state index in [0.717, 1.165) is 22.9 Å². The molecular weight excluding hydrogens is 264 g/mol. The molecule has 104 valence electrons. The highest BCUT2D eigenvalue weighted by atomic mass is 16.5. The van der Waals surface area contributed by atoms with Crippen LogP contribution in [0.25, 0.3) is 10.9 Å². The molecule has 1 heterocycles. The van der Waals surface area contributed by atoms with Crippen LogP contribution < -0.4 is 5.48 Å². The summed E-state index contributed by atoms with van der Waals surface area (Å²) in [7, 11) is 0. The van der Waals surface area contributed by atoms with Crippen LogP contribution in [0, 0.1) is 0 Å². The number of hydroxylamine groups is 1. The van der Waals surface area contributed by atoms with Gasteiger partial charge in [-0.2, -0.15) is 0 Å². The molecule has 0 spiro atoms. The molecule has 0 atom stereocenters. The molecule has 0 fully saturated rings. The van der Waals surface area contributed by atoms with Crippen molar-refractivity contribution < 1.29 is 10.0 Å². The summed E-state index contributed by atoms with van der Waals surface area (Å²) >= 11 is 0. The largest absolute Gasteiger partial charge is 0.288 e. The van der Waals surface area contributed by atoms with E-state index in [1.807, 2.05) is 36.4 Å². The molecule has 1 aromatic heterocycles. The second-order valence-electron chi connectivity index (χ2n) is 4.85. The van der Waals surface area contributed by atoms with Crippen LogP contribution >= 0.6 is 0 Å². The van der Waals surface area contributed by atoms with Crippen molar-refractivity contribution in [3.05, 3.63) is 77.5 Å². The predicted molar refractivity (Wildman–Crippen MR) is 80.2 cm³/mol. The third-order valence-corrected chi connectivity index (χ3v) is 3.36. The van der Waals surface area contributed by atoms with Gasteiger partial charge < -0.3 is 0 Å². The minimum Gasteiger partial charge on any atom is -0.288 e. The molecule has 0 aliphatic carbocycles. The second kappa shape index (κ2) is 5.73. The number of hydrogen-bond acceptors (Lipinski definition) is 3. The van der Waals surface area contributed by atoms with Gasteiger partial charge in [0.15, 0.2) is 0 Å². The third-order valence-electron chi connectivity index (χ3n) is 3.36. The average Bonchev–Trinajstić information content (AvgIpc) is 2.54. The zero-order valence-electron chi connectivity index (χ0n) is 11.3. The molecule has 4 nitrogen and oxygen atoms in total. The molecule has 0 bridgehead atoms. The number of rotatable bonds is 3. The molecule has 21 heavy (non-hydrogen) atoms. The number of fused-ring (bicyclic) bond motifs is 1. The molecular formula is C17H14N2O2. The summed E-state index contributed by atoms with van der Waals surface area (Å²) in [6, 6.07) is 17.9. The number of carbonyl (C=O) groups is 1. The maximum atomic E-state index is 11.4. The van der Waals surface area contributed by atoms with E-state index in [-0.39, 0.29) is 0 Å². The number of amides is 1. The van der Waals surface area contributed by atoms with Crippen LogP contribution in [0.15, 0.2) is 60.8 Å². The molecule has 0 saturated heterocycles. The molecule has 3 aromatic rings. The van der Waals surface area contributed by atoms with Gasteiger partial charge in [-0.1, -0.05) is 36.4 Å². The number of carbonyl (C=O) groups excluding carboxylic acids is 1. The van der Waals surface area contributed by atoms with Gasteiger partial charge in [0.25, 0.3) is 5.91 Å². The lowest BCUT2D eigenvalue weighted by molar-refractivity contribution is 0.0706. The Balaban J connectivity index is 1.96. The number of nitrogens with zero attached hydrogens (tertiary/aromatic N) is 1. The number of benzene rings is 2. The van der Waals surface area contributed by atoms with Gasteiger partial charge in [0.05, 0.1) is 11.1 Å². The van der Waals surface area contributed by atoms with Crippen molar-refractivity contribution in [3.63, 3.8) is 0 Å². The Labute approximate surface area is 122 Å². The van der Waals surface area contributed by atoms with E-state index in [1.54, 1.807) is 11.5 Å². The standard InChI is InChI=1S/C17H14N2O2/c20-17(19-21)15-10-14-9-13(6-7-16(14)18-11-15)8-12-4-2-1-3-5-12/h1-7,9-11,21H,8H2,(H,19,20). The van der Waals surface area contributed by atoms with Crippen LogP contribution in [0.2, 0.25) is 0 Å². The Morgan fingerprint density at radius 2 is 1.86 bits per heavy atom. The predicted octanol–water partition coefficient (Wildman–Crippen LogP) is 2.94. The maximum Gasteiger partial charge on any atom is 0.276 e. The summed E-state index contributed by atoms with van der Waals surface area (Å²) in [5.41, 5.74) is 5.16. The smallest absolute Gasteiger partial charge is 0.276 e. The molecule has 4 heteroatoms. The van der Waals surface area contributed by atoms with Crippen LogP contribution in [0.4, 0.5) is 0 Å². The molecule has 1 amide bonds. The van der Waals surface area contributed by atoms with Crippen molar-refractivity contribution in [2.45, 2.75) is 6.42 Å². The van der Waals surface area contributed by atoms with E-state index >= 15 is 0 Å². The molecule has 2 N–H and O–H groups in total. The fourth-order valence-electron chi connectivity index (χ4n) is 2.31. The first-order chi connectivity index (χ1) is 10.3. The van der Waals surface area contributed by atoms with Gasteiger partial charge in [-0.05, 0) is 35.7 Å². The van der Waals surface area contributed by atoms with Gasteiger partial charge in [0.1, 0.15) is 0 Å². The second-order valence-corrected chi connectivity index (χ2v) is 4.85. The Bertz CT molecular complexity index is 785. The topological polar surface area (TPSA) is 62.2 Å². The van der Waals surface area contributed by atoms with E-state index in [0.29, 0.717) is 5.56 Å². The van der Waals surface area contributed by atoms with Crippen molar-refractivity contribution in [1.82, 2.24) is 10.5 Å². The highest BCUT2D eigenvalue weighted by Gasteiger charge is 2.06. The SMILES string of the molecule is O=C(NO)c1cnc2ccc(Cc3ccccc3)cc2c1. The number of aromatic nitrogens is 1. The van der Waals surface area contributed by atoms with E-state index in [9.17, 15) is 4.79 Å². The Hall–Kier alpha value is -2.72. The van der Waals surface area contributed by atoms with Gasteiger partial charge in [-0.25, -0.2) is 5.48 Å².